The van der Waals surface area contributed by atoms with E-state index in [0.717, 1.165) is 24.5 Å². The summed E-state index contributed by atoms with van der Waals surface area (Å²) in [6.45, 7) is 5.20. The van der Waals surface area contributed by atoms with Crippen LogP contribution in [0.1, 0.15) is 19.3 Å². The Morgan fingerprint density at radius 3 is 3.05 bits per heavy atom. The SMILES string of the molecule is C=CCn1c(SCN2CCCCC2=O)nnc1-c1ccco1. The Morgan fingerprint density at radius 2 is 2.32 bits per heavy atom. The van der Waals surface area contributed by atoms with E-state index in [1.54, 1.807) is 12.3 Å². The van der Waals surface area contributed by atoms with Gasteiger partial charge < -0.3 is 9.32 Å². The Morgan fingerprint density at radius 1 is 1.41 bits per heavy atom. The Balaban J connectivity index is 1.75. The van der Waals surface area contributed by atoms with Crippen molar-refractivity contribution in [2.45, 2.75) is 31.0 Å². The van der Waals surface area contributed by atoms with Gasteiger partial charge in [-0.25, -0.2) is 0 Å². The third kappa shape index (κ3) is 3.09. The first kappa shape index (κ1) is 14.9. The predicted molar refractivity (Wildman–Crippen MR) is 84.2 cm³/mol. The monoisotopic (exact) mass is 318 g/mol. The fourth-order valence-electron chi connectivity index (χ4n) is 2.41. The van der Waals surface area contributed by atoms with Gasteiger partial charge in [0.2, 0.25) is 11.7 Å². The number of rotatable bonds is 6. The normalized spacial score (nSPS) is 15.3. The fourth-order valence-corrected chi connectivity index (χ4v) is 3.37. The zero-order chi connectivity index (χ0) is 15.4. The standard InChI is InChI=1S/C15H18N4O2S/c1-2-8-19-14(12-6-5-10-21-12)16-17-15(19)22-11-18-9-4-3-7-13(18)20/h2,5-6,10H,1,3-4,7-9,11H2. The highest BCUT2D eigenvalue weighted by atomic mass is 32.2. The lowest BCUT2D eigenvalue weighted by Crippen LogP contribution is -2.34. The summed E-state index contributed by atoms with van der Waals surface area (Å²) in [7, 11) is 0. The van der Waals surface area contributed by atoms with Crippen LogP contribution in [0.15, 0.2) is 40.6 Å². The van der Waals surface area contributed by atoms with E-state index in [4.69, 9.17) is 4.42 Å². The Bertz CT molecular complexity index is 651. The molecule has 0 spiro atoms. The molecule has 0 atom stereocenters. The molecule has 0 unspecified atom stereocenters. The van der Waals surface area contributed by atoms with E-state index in [9.17, 15) is 4.79 Å². The number of carbonyl (C=O) groups excluding carboxylic acids is 1. The van der Waals surface area contributed by atoms with E-state index < -0.39 is 0 Å². The van der Waals surface area contributed by atoms with Crippen LogP contribution in [0.4, 0.5) is 0 Å². The van der Waals surface area contributed by atoms with Crippen LogP contribution in [0.5, 0.6) is 0 Å². The number of thioether (sulfide) groups is 1. The Hall–Kier alpha value is -2.02. The van der Waals surface area contributed by atoms with Crippen LogP contribution in [-0.4, -0.2) is 38.0 Å². The highest BCUT2D eigenvalue weighted by molar-refractivity contribution is 7.99. The van der Waals surface area contributed by atoms with Crippen molar-refractivity contribution in [3.63, 3.8) is 0 Å². The van der Waals surface area contributed by atoms with E-state index in [2.05, 4.69) is 16.8 Å². The molecule has 0 saturated carbocycles. The van der Waals surface area contributed by atoms with Gasteiger partial charge in [-0.15, -0.1) is 16.8 Å². The van der Waals surface area contributed by atoms with Crippen molar-refractivity contribution < 1.29 is 9.21 Å². The molecule has 0 radical (unpaired) electrons. The number of nitrogens with zero attached hydrogens (tertiary/aromatic N) is 4. The third-order valence-corrected chi connectivity index (χ3v) is 4.54. The lowest BCUT2D eigenvalue weighted by Gasteiger charge is -2.25. The molecule has 6 nitrogen and oxygen atoms in total. The average Bonchev–Trinajstić information content (AvgIpc) is 3.16. The van der Waals surface area contributed by atoms with Gasteiger partial charge in [-0.3, -0.25) is 9.36 Å². The number of piperidine rings is 1. The van der Waals surface area contributed by atoms with Crippen molar-refractivity contribution in [2.75, 3.05) is 12.4 Å². The van der Waals surface area contributed by atoms with Gasteiger partial charge in [-0.2, -0.15) is 0 Å². The summed E-state index contributed by atoms with van der Waals surface area (Å²) in [5, 5.41) is 9.21. The molecular formula is C15H18N4O2S. The molecule has 0 bridgehead atoms. The van der Waals surface area contributed by atoms with Crippen LogP contribution in [0.25, 0.3) is 11.6 Å². The molecule has 1 fully saturated rings. The summed E-state index contributed by atoms with van der Waals surface area (Å²) >= 11 is 1.52. The minimum absolute atomic E-state index is 0.222. The molecule has 1 aliphatic rings. The largest absolute Gasteiger partial charge is 0.461 e. The van der Waals surface area contributed by atoms with Gasteiger partial charge in [0.15, 0.2) is 10.9 Å². The average molecular weight is 318 g/mol. The van der Waals surface area contributed by atoms with Gasteiger partial charge in [0, 0.05) is 19.5 Å². The van der Waals surface area contributed by atoms with Crippen molar-refractivity contribution in [2.24, 2.45) is 0 Å². The van der Waals surface area contributed by atoms with Crippen molar-refractivity contribution >= 4 is 17.7 Å². The van der Waals surface area contributed by atoms with Gasteiger partial charge >= 0.3 is 0 Å². The van der Waals surface area contributed by atoms with Crippen LogP contribution in [0, 0.1) is 0 Å². The highest BCUT2D eigenvalue weighted by Crippen LogP contribution is 2.25. The molecule has 1 aliphatic heterocycles. The molecule has 7 heteroatoms. The third-order valence-electron chi connectivity index (χ3n) is 3.54. The maximum absolute atomic E-state index is 11.9. The number of allylic oxidation sites excluding steroid dienone is 1. The molecule has 22 heavy (non-hydrogen) atoms. The Labute approximate surface area is 133 Å². The minimum atomic E-state index is 0.222. The maximum atomic E-state index is 11.9. The molecule has 0 N–H and O–H groups in total. The lowest BCUT2D eigenvalue weighted by atomic mass is 10.1. The maximum Gasteiger partial charge on any atom is 0.223 e. The van der Waals surface area contributed by atoms with Crippen LogP contribution in [0.2, 0.25) is 0 Å². The van der Waals surface area contributed by atoms with Crippen molar-refractivity contribution in [1.82, 2.24) is 19.7 Å². The predicted octanol–water partition coefficient (Wildman–Crippen LogP) is 2.79. The molecule has 1 amide bonds. The fraction of sp³-hybridized carbons (Fsp3) is 0.400. The molecular weight excluding hydrogens is 300 g/mol. The first-order chi connectivity index (χ1) is 10.8. The van der Waals surface area contributed by atoms with Gasteiger partial charge in [0.1, 0.15) is 0 Å². The van der Waals surface area contributed by atoms with E-state index in [0.29, 0.717) is 30.4 Å². The topological polar surface area (TPSA) is 64.2 Å². The van der Waals surface area contributed by atoms with Crippen LogP contribution < -0.4 is 0 Å². The van der Waals surface area contributed by atoms with Gasteiger partial charge in [0.05, 0.1) is 12.1 Å². The zero-order valence-corrected chi connectivity index (χ0v) is 13.1. The number of hydrogen-bond acceptors (Lipinski definition) is 5. The second-order valence-electron chi connectivity index (χ2n) is 5.07. The van der Waals surface area contributed by atoms with E-state index in [1.807, 2.05) is 21.6 Å². The van der Waals surface area contributed by atoms with Crippen LogP contribution in [0.3, 0.4) is 0 Å². The first-order valence-electron chi connectivity index (χ1n) is 7.28. The molecule has 0 aromatic carbocycles. The van der Waals surface area contributed by atoms with Gasteiger partial charge in [-0.05, 0) is 25.0 Å². The molecule has 2 aromatic rings. The van der Waals surface area contributed by atoms with E-state index in [-0.39, 0.29) is 5.91 Å². The van der Waals surface area contributed by atoms with E-state index in [1.165, 1.54) is 11.8 Å². The quantitative estimate of drug-likeness (QED) is 0.605. The number of amides is 1. The molecule has 3 rings (SSSR count). The Kier molecular flexibility index (Phi) is 4.62. The van der Waals surface area contributed by atoms with Gasteiger partial charge in [-0.1, -0.05) is 17.8 Å². The van der Waals surface area contributed by atoms with Crippen molar-refractivity contribution in [3.8, 4) is 11.6 Å². The number of carbonyl (C=O) groups is 1. The second kappa shape index (κ2) is 6.83. The van der Waals surface area contributed by atoms with Crippen molar-refractivity contribution in [3.05, 3.63) is 31.1 Å². The van der Waals surface area contributed by atoms with Crippen LogP contribution >= 0.6 is 11.8 Å². The van der Waals surface area contributed by atoms with Gasteiger partial charge in [0.25, 0.3) is 0 Å². The number of hydrogen-bond donors (Lipinski definition) is 0. The second-order valence-corrected chi connectivity index (χ2v) is 5.98. The lowest BCUT2D eigenvalue weighted by molar-refractivity contribution is -0.132. The smallest absolute Gasteiger partial charge is 0.223 e. The molecule has 0 aliphatic carbocycles. The number of likely N-dealkylation sites (tertiary alicyclic amines) is 1. The summed E-state index contributed by atoms with van der Waals surface area (Å²) in [6.07, 6.45) is 6.13. The highest BCUT2D eigenvalue weighted by Gasteiger charge is 2.20. The molecule has 1 saturated heterocycles. The minimum Gasteiger partial charge on any atom is -0.461 e. The molecule has 116 valence electrons. The first-order valence-corrected chi connectivity index (χ1v) is 8.26. The summed E-state index contributed by atoms with van der Waals surface area (Å²) in [5.74, 6) is 2.18. The summed E-state index contributed by atoms with van der Waals surface area (Å²) < 4.78 is 7.35. The zero-order valence-electron chi connectivity index (χ0n) is 12.3. The van der Waals surface area contributed by atoms with E-state index >= 15 is 0 Å². The summed E-state index contributed by atoms with van der Waals surface area (Å²) in [4.78, 5) is 13.7. The van der Waals surface area contributed by atoms with Crippen molar-refractivity contribution in [1.29, 1.82) is 0 Å². The summed E-state index contributed by atoms with van der Waals surface area (Å²) in [5.41, 5.74) is 0. The molecule has 2 aromatic heterocycles. The number of furan rings is 1. The summed E-state index contributed by atoms with van der Waals surface area (Å²) in [6, 6.07) is 3.67. The molecule has 3 heterocycles. The van der Waals surface area contributed by atoms with Crippen LogP contribution in [-0.2, 0) is 11.3 Å². The number of aromatic nitrogens is 3.